The zero-order valence-corrected chi connectivity index (χ0v) is 11.3. The summed E-state index contributed by atoms with van der Waals surface area (Å²) in [5.74, 6) is 0.688. The van der Waals surface area contributed by atoms with E-state index in [0.717, 1.165) is 22.7 Å². The molecule has 4 heteroatoms. The number of ether oxygens (including phenoxy) is 1. The molecule has 0 radical (unpaired) electrons. The summed E-state index contributed by atoms with van der Waals surface area (Å²) < 4.78 is 6.15. The standard InChI is InChI=1S/C17H14N2O2/c20-17-15-13(10-18-17)19-12-8-4-5-9-14(12)21-16(15)11-6-2-1-3-7-11/h1-9,16,19H,10H2,(H,18,20). The molecular formula is C17H14N2O2. The molecule has 1 amide bonds. The number of anilines is 1. The second kappa shape index (κ2) is 4.66. The van der Waals surface area contributed by atoms with Crippen molar-refractivity contribution in [3.8, 4) is 5.75 Å². The lowest BCUT2D eigenvalue weighted by Gasteiger charge is -2.19. The number of benzene rings is 2. The molecule has 0 saturated heterocycles. The number of nitrogens with one attached hydrogen (secondary N) is 2. The van der Waals surface area contributed by atoms with Gasteiger partial charge in [-0.15, -0.1) is 0 Å². The van der Waals surface area contributed by atoms with Gasteiger partial charge in [0.25, 0.3) is 5.91 Å². The van der Waals surface area contributed by atoms with Crippen molar-refractivity contribution in [2.24, 2.45) is 0 Å². The molecule has 1 unspecified atom stereocenters. The van der Waals surface area contributed by atoms with Crippen LogP contribution in [0.3, 0.4) is 0 Å². The first-order chi connectivity index (χ1) is 10.3. The van der Waals surface area contributed by atoms with Gasteiger partial charge >= 0.3 is 0 Å². The van der Waals surface area contributed by atoms with Gasteiger partial charge in [0, 0.05) is 5.70 Å². The molecule has 4 nitrogen and oxygen atoms in total. The normalized spacial score (nSPS) is 19.8. The first-order valence-corrected chi connectivity index (χ1v) is 6.92. The predicted octanol–water partition coefficient (Wildman–Crippen LogP) is 2.62. The number of para-hydroxylation sites is 2. The molecule has 104 valence electrons. The maximum atomic E-state index is 12.2. The molecule has 2 aromatic rings. The Kier molecular flexibility index (Phi) is 2.67. The van der Waals surface area contributed by atoms with Gasteiger partial charge < -0.3 is 15.4 Å². The maximum absolute atomic E-state index is 12.2. The number of carbonyl (C=O) groups excluding carboxylic acids is 1. The van der Waals surface area contributed by atoms with E-state index >= 15 is 0 Å². The van der Waals surface area contributed by atoms with Gasteiger partial charge in [0.2, 0.25) is 0 Å². The van der Waals surface area contributed by atoms with E-state index < -0.39 is 0 Å². The van der Waals surface area contributed by atoms with Crippen molar-refractivity contribution in [1.82, 2.24) is 5.32 Å². The third-order valence-corrected chi connectivity index (χ3v) is 3.78. The van der Waals surface area contributed by atoms with Crippen LogP contribution < -0.4 is 15.4 Å². The Labute approximate surface area is 122 Å². The first kappa shape index (κ1) is 12.0. The van der Waals surface area contributed by atoms with Crippen molar-refractivity contribution in [1.29, 1.82) is 0 Å². The summed E-state index contributed by atoms with van der Waals surface area (Å²) in [6, 6.07) is 17.6. The smallest absolute Gasteiger partial charge is 0.253 e. The average Bonchev–Trinajstić information content (AvgIpc) is 2.80. The third kappa shape index (κ3) is 1.96. The molecule has 0 aromatic heterocycles. The van der Waals surface area contributed by atoms with Gasteiger partial charge in [0.15, 0.2) is 6.10 Å². The van der Waals surface area contributed by atoms with Crippen LogP contribution in [0.5, 0.6) is 5.75 Å². The Bertz CT molecular complexity index is 737. The van der Waals surface area contributed by atoms with E-state index in [0.29, 0.717) is 12.1 Å². The molecule has 2 N–H and O–H groups in total. The van der Waals surface area contributed by atoms with Gasteiger partial charge in [0.05, 0.1) is 17.8 Å². The molecule has 2 aliphatic rings. The van der Waals surface area contributed by atoms with E-state index in [-0.39, 0.29) is 12.0 Å². The molecule has 2 aliphatic heterocycles. The zero-order valence-electron chi connectivity index (χ0n) is 11.3. The molecule has 1 atom stereocenters. The molecule has 4 rings (SSSR count). The minimum absolute atomic E-state index is 0.0702. The van der Waals surface area contributed by atoms with Gasteiger partial charge in [0.1, 0.15) is 5.75 Å². The highest BCUT2D eigenvalue weighted by atomic mass is 16.5. The van der Waals surface area contributed by atoms with E-state index in [4.69, 9.17) is 4.74 Å². The third-order valence-electron chi connectivity index (χ3n) is 3.78. The topological polar surface area (TPSA) is 50.4 Å². The Hall–Kier alpha value is -2.75. The van der Waals surface area contributed by atoms with Gasteiger partial charge in [-0.05, 0) is 17.7 Å². The van der Waals surface area contributed by atoms with E-state index in [9.17, 15) is 4.79 Å². The number of hydrogen-bond donors (Lipinski definition) is 2. The summed E-state index contributed by atoms with van der Waals surface area (Å²) >= 11 is 0. The molecule has 0 spiro atoms. The van der Waals surface area contributed by atoms with Crippen molar-refractivity contribution < 1.29 is 9.53 Å². The highest BCUT2D eigenvalue weighted by Crippen LogP contribution is 2.39. The van der Waals surface area contributed by atoms with Crippen LogP contribution in [0.1, 0.15) is 11.7 Å². The minimum Gasteiger partial charge on any atom is -0.479 e. The second-order valence-electron chi connectivity index (χ2n) is 5.10. The van der Waals surface area contributed by atoms with Gasteiger partial charge in [-0.3, -0.25) is 4.79 Å². The molecule has 2 heterocycles. The summed E-state index contributed by atoms with van der Waals surface area (Å²) in [5.41, 5.74) is 3.41. The van der Waals surface area contributed by atoms with Crippen molar-refractivity contribution in [2.45, 2.75) is 6.10 Å². The highest BCUT2D eigenvalue weighted by Gasteiger charge is 2.35. The Morgan fingerprint density at radius 3 is 2.62 bits per heavy atom. The SMILES string of the molecule is O=C1NCC2=C1C(c1ccccc1)Oc1ccccc1N2. The zero-order chi connectivity index (χ0) is 14.2. The summed E-state index contributed by atoms with van der Waals surface area (Å²) in [4.78, 5) is 12.2. The van der Waals surface area contributed by atoms with Crippen LogP contribution in [0.4, 0.5) is 5.69 Å². The van der Waals surface area contributed by atoms with Crippen LogP contribution in [-0.2, 0) is 4.79 Å². The number of amides is 1. The Morgan fingerprint density at radius 2 is 1.76 bits per heavy atom. The van der Waals surface area contributed by atoms with E-state index in [1.165, 1.54) is 0 Å². The summed E-state index contributed by atoms with van der Waals surface area (Å²) in [6.45, 7) is 0.509. The molecule has 0 bridgehead atoms. The van der Waals surface area contributed by atoms with E-state index in [1.54, 1.807) is 0 Å². The van der Waals surface area contributed by atoms with Crippen molar-refractivity contribution in [2.75, 3.05) is 11.9 Å². The molecule has 2 aromatic carbocycles. The maximum Gasteiger partial charge on any atom is 0.253 e. The number of rotatable bonds is 1. The van der Waals surface area contributed by atoms with E-state index in [2.05, 4.69) is 10.6 Å². The van der Waals surface area contributed by atoms with Crippen molar-refractivity contribution >= 4 is 11.6 Å². The fourth-order valence-corrected chi connectivity index (χ4v) is 2.77. The van der Waals surface area contributed by atoms with Crippen molar-refractivity contribution in [3.05, 3.63) is 71.4 Å². The molecule has 21 heavy (non-hydrogen) atoms. The van der Waals surface area contributed by atoms with Crippen LogP contribution in [0, 0.1) is 0 Å². The minimum atomic E-state index is -0.389. The molecule has 0 fully saturated rings. The van der Waals surface area contributed by atoms with Crippen molar-refractivity contribution in [3.63, 3.8) is 0 Å². The Balaban J connectivity index is 1.87. The van der Waals surface area contributed by atoms with Crippen LogP contribution in [0.25, 0.3) is 0 Å². The number of hydrogen-bond acceptors (Lipinski definition) is 3. The van der Waals surface area contributed by atoms with Crippen LogP contribution in [0.15, 0.2) is 65.9 Å². The quantitative estimate of drug-likeness (QED) is 0.843. The first-order valence-electron chi connectivity index (χ1n) is 6.92. The fraction of sp³-hybridized carbons (Fsp3) is 0.118. The average molecular weight is 278 g/mol. The van der Waals surface area contributed by atoms with Gasteiger partial charge in [-0.2, -0.15) is 0 Å². The molecular weight excluding hydrogens is 264 g/mol. The predicted molar refractivity (Wildman–Crippen MR) is 79.9 cm³/mol. The van der Waals surface area contributed by atoms with Crippen LogP contribution in [0.2, 0.25) is 0 Å². The van der Waals surface area contributed by atoms with E-state index in [1.807, 2.05) is 54.6 Å². The monoisotopic (exact) mass is 278 g/mol. The summed E-state index contributed by atoms with van der Waals surface area (Å²) in [7, 11) is 0. The largest absolute Gasteiger partial charge is 0.479 e. The van der Waals surface area contributed by atoms with Crippen LogP contribution >= 0.6 is 0 Å². The lowest BCUT2D eigenvalue weighted by atomic mass is 10.0. The second-order valence-corrected chi connectivity index (χ2v) is 5.10. The Morgan fingerprint density at radius 1 is 1.00 bits per heavy atom. The molecule has 0 saturated carbocycles. The fourth-order valence-electron chi connectivity index (χ4n) is 2.77. The van der Waals surface area contributed by atoms with Crippen LogP contribution in [-0.4, -0.2) is 12.5 Å². The number of carbonyl (C=O) groups is 1. The lowest BCUT2D eigenvalue weighted by Crippen LogP contribution is -2.22. The lowest BCUT2D eigenvalue weighted by molar-refractivity contribution is -0.117. The molecule has 0 aliphatic carbocycles. The van der Waals surface area contributed by atoms with Gasteiger partial charge in [-0.1, -0.05) is 42.5 Å². The van der Waals surface area contributed by atoms with Gasteiger partial charge in [-0.25, -0.2) is 0 Å². The number of fused-ring (bicyclic) bond motifs is 1. The summed E-state index contributed by atoms with van der Waals surface area (Å²) in [5, 5.41) is 6.19. The summed E-state index contributed by atoms with van der Waals surface area (Å²) in [6.07, 6.45) is -0.389. The highest BCUT2D eigenvalue weighted by molar-refractivity contribution is 5.99.